The van der Waals surface area contributed by atoms with Crippen LogP contribution in [0.1, 0.15) is 54.6 Å². The zero-order valence-corrected chi connectivity index (χ0v) is 14.5. The van der Waals surface area contributed by atoms with Crippen molar-refractivity contribution in [1.29, 1.82) is 5.26 Å². The summed E-state index contributed by atoms with van der Waals surface area (Å²) in [5, 5.41) is 10.4. The first-order valence-corrected chi connectivity index (χ1v) is 9.36. The Morgan fingerprint density at radius 3 is 2.62 bits per heavy atom. The van der Waals surface area contributed by atoms with E-state index in [4.69, 9.17) is 0 Å². The number of carbonyl (C=O) groups is 1. The van der Waals surface area contributed by atoms with Gasteiger partial charge >= 0.3 is 0 Å². The minimum absolute atomic E-state index is 0.0677. The second-order valence-electron chi connectivity index (χ2n) is 8.03. The van der Waals surface area contributed by atoms with Gasteiger partial charge in [-0.1, -0.05) is 0 Å². The third-order valence-corrected chi connectivity index (χ3v) is 6.28. The molecule has 2 saturated carbocycles. The lowest BCUT2D eigenvalue weighted by molar-refractivity contribution is 0.0963. The Bertz CT molecular complexity index is 1010. The number of nitrogens with one attached hydrogen (secondary N) is 1. The third kappa shape index (κ3) is 2.42. The summed E-state index contributed by atoms with van der Waals surface area (Å²) in [4.78, 5) is 34.0. The Labute approximate surface area is 150 Å². The number of piperidine rings is 1. The maximum atomic E-state index is 12.4. The average Bonchev–Trinajstić information content (AvgIpc) is 3.57. The number of carbonyl (C=O) groups excluding carboxylic acids is 1. The highest BCUT2D eigenvalue weighted by molar-refractivity contribution is 6.03. The summed E-state index contributed by atoms with van der Waals surface area (Å²) in [6, 6.07) is 3.85. The average molecular weight is 348 g/mol. The summed E-state index contributed by atoms with van der Waals surface area (Å²) in [6.45, 7) is 1.70. The lowest BCUT2D eigenvalue weighted by Gasteiger charge is -2.34. The highest BCUT2D eigenvalue weighted by Crippen LogP contribution is 2.54. The van der Waals surface area contributed by atoms with E-state index in [9.17, 15) is 14.9 Å². The van der Waals surface area contributed by atoms with E-state index in [1.54, 1.807) is 12.3 Å². The molecule has 0 radical (unpaired) electrons. The molecule has 1 N–H and O–H groups in total. The van der Waals surface area contributed by atoms with Crippen LogP contribution >= 0.6 is 0 Å². The molecule has 1 spiro atoms. The molecule has 1 saturated heterocycles. The van der Waals surface area contributed by atoms with E-state index >= 15 is 0 Å². The maximum Gasteiger partial charge on any atom is 0.268 e. The van der Waals surface area contributed by atoms with Crippen molar-refractivity contribution >= 4 is 22.4 Å². The number of hydrogen-bond acceptors (Lipinski definition) is 5. The minimum atomic E-state index is -0.384. The normalized spacial score (nSPS) is 21.0. The fourth-order valence-electron chi connectivity index (χ4n) is 4.18. The first-order chi connectivity index (χ1) is 12.6. The van der Waals surface area contributed by atoms with E-state index in [-0.39, 0.29) is 22.8 Å². The fourth-order valence-corrected chi connectivity index (χ4v) is 4.18. The molecule has 132 valence electrons. The molecule has 0 unspecified atom stereocenters. The number of aromatic nitrogens is 2. The van der Waals surface area contributed by atoms with Gasteiger partial charge in [0.2, 0.25) is 0 Å². The zero-order chi connectivity index (χ0) is 17.9. The van der Waals surface area contributed by atoms with Crippen molar-refractivity contribution in [2.45, 2.75) is 38.5 Å². The van der Waals surface area contributed by atoms with E-state index in [2.05, 4.69) is 20.9 Å². The summed E-state index contributed by atoms with van der Waals surface area (Å²) in [5.74, 6) is 0.157. The van der Waals surface area contributed by atoms with Crippen molar-refractivity contribution in [3.63, 3.8) is 0 Å². The van der Waals surface area contributed by atoms with E-state index in [0.29, 0.717) is 22.3 Å². The number of anilines is 1. The molecule has 3 aliphatic rings. The van der Waals surface area contributed by atoms with Crippen LogP contribution in [-0.4, -0.2) is 28.8 Å². The number of fused-ring (bicyclic) bond motifs is 1. The number of H-pyrrole nitrogens is 1. The predicted molar refractivity (Wildman–Crippen MR) is 97.2 cm³/mol. The fraction of sp³-hybridized carbons (Fsp3) is 0.500. The quantitative estimate of drug-likeness (QED) is 0.862. The maximum absolute atomic E-state index is 12.4. The number of nitriles is 1. The Morgan fingerprint density at radius 2 is 2.00 bits per heavy atom. The number of pyridine rings is 2. The van der Waals surface area contributed by atoms with Crippen molar-refractivity contribution in [3.8, 4) is 6.07 Å². The highest BCUT2D eigenvalue weighted by atomic mass is 16.1. The molecule has 0 bridgehead atoms. The Balaban J connectivity index is 1.65. The van der Waals surface area contributed by atoms with E-state index < -0.39 is 0 Å². The molecule has 26 heavy (non-hydrogen) atoms. The summed E-state index contributed by atoms with van der Waals surface area (Å²) in [6.07, 6.45) is 8.21. The van der Waals surface area contributed by atoms with Crippen LogP contribution in [0.2, 0.25) is 0 Å². The van der Waals surface area contributed by atoms with Crippen molar-refractivity contribution in [2.24, 2.45) is 11.3 Å². The van der Waals surface area contributed by atoms with Crippen LogP contribution in [-0.2, 0) is 0 Å². The second-order valence-corrected chi connectivity index (χ2v) is 8.03. The van der Waals surface area contributed by atoms with Gasteiger partial charge in [0.15, 0.2) is 5.78 Å². The van der Waals surface area contributed by atoms with Crippen molar-refractivity contribution in [3.05, 3.63) is 33.9 Å². The van der Waals surface area contributed by atoms with Crippen LogP contribution < -0.4 is 10.5 Å². The Kier molecular flexibility index (Phi) is 3.24. The first kappa shape index (κ1) is 15.6. The van der Waals surface area contributed by atoms with Gasteiger partial charge in [0.05, 0.1) is 17.4 Å². The number of rotatable bonds is 3. The van der Waals surface area contributed by atoms with Crippen LogP contribution in [0, 0.1) is 22.7 Å². The zero-order valence-electron chi connectivity index (χ0n) is 14.5. The van der Waals surface area contributed by atoms with Gasteiger partial charge in [-0.05, 0) is 50.0 Å². The summed E-state index contributed by atoms with van der Waals surface area (Å²) in [7, 11) is 0. The predicted octanol–water partition coefficient (Wildman–Crippen LogP) is 2.77. The topological polar surface area (TPSA) is 89.8 Å². The van der Waals surface area contributed by atoms with Crippen molar-refractivity contribution < 1.29 is 4.79 Å². The number of hydrogen-bond donors (Lipinski definition) is 1. The monoisotopic (exact) mass is 348 g/mol. The summed E-state index contributed by atoms with van der Waals surface area (Å²) >= 11 is 0. The van der Waals surface area contributed by atoms with Gasteiger partial charge in [0, 0.05) is 24.4 Å². The number of ketones is 1. The van der Waals surface area contributed by atoms with Crippen LogP contribution in [0.5, 0.6) is 0 Å². The molecule has 0 aromatic carbocycles. The molecular formula is C20H20N4O2. The molecule has 6 nitrogen and oxygen atoms in total. The van der Waals surface area contributed by atoms with Gasteiger partial charge in [-0.2, -0.15) is 5.26 Å². The standard InChI is InChI=1S/C20H20N4O2/c21-10-14-17(24-7-5-20(3-4-20)6-8-24)13-9-15(18(25)12-1-2-12)22-11-16(13)23-19(14)26/h9,11-12H,1-8H2,(H,23,26). The number of aromatic amines is 1. The molecule has 1 aliphatic heterocycles. The number of nitrogens with zero attached hydrogens (tertiary/aromatic N) is 3. The van der Waals surface area contributed by atoms with Crippen molar-refractivity contribution in [1.82, 2.24) is 9.97 Å². The van der Waals surface area contributed by atoms with Gasteiger partial charge in [0.25, 0.3) is 5.56 Å². The van der Waals surface area contributed by atoms with E-state index in [1.807, 2.05) is 0 Å². The molecule has 3 heterocycles. The molecule has 0 amide bonds. The van der Waals surface area contributed by atoms with Crippen LogP contribution in [0.3, 0.4) is 0 Å². The Morgan fingerprint density at radius 1 is 1.27 bits per heavy atom. The van der Waals surface area contributed by atoms with Gasteiger partial charge < -0.3 is 9.88 Å². The lowest BCUT2D eigenvalue weighted by Crippen LogP contribution is -2.36. The van der Waals surface area contributed by atoms with Crippen LogP contribution in [0.25, 0.3) is 10.9 Å². The van der Waals surface area contributed by atoms with Gasteiger partial charge in [-0.25, -0.2) is 0 Å². The van der Waals surface area contributed by atoms with Gasteiger partial charge in [0.1, 0.15) is 17.3 Å². The molecule has 2 aromatic heterocycles. The first-order valence-electron chi connectivity index (χ1n) is 9.36. The molecule has 5 rings (SSSR count). The third-order valence-electron chi connectivity index (χ3n) is 6.28. The summed E-state index contributed by atoms with van der Waals surface area (Å²) in [5.41, 5.74) is 1.96. The summed E-state index contributed by atoms with van der Waals surface area (Å²) < 4.78 is 0. The molecule has 3 fully saturated rings. The molecule has 2 aliphatic carbocycles. The van der Waals surface area contributed by atoms with E-state index in [0.717, 1.165) is 44.2 Å². The largest absolute Gasteiger partial charge is 0.370 e. The smallest absolute Gasteiger partial charge is 0.268 e. The van der Waals surface area contributed by atoms with Crippen LogP contribution in [0.15, 0.2) is 17.1 Å². The highest BCUT2D eigenvalue weighted by Gasteiger charge is 2.45. The minimum Gasteiger partial charge on any atom is -0.370 e. The molecule has 0 atom stereocenters. The lowest BCUT2D eigenvalue weighted by atomic mass is 9.92. The Hall–Kier alpha value is -2.68. The van der Waals surface area contributed by atoms with Crippen LogP contribution in [0.4, 0.5) is 5.69 Å². The molecular weight excluding hydrogens is 328 g/mol. The SMILES string of the molecule is N#Cc1c(N2CCC3(CC2)CC3)c2cc(C(=O)C3CC3)ncc2[nH]c1=O. The van der Waals surface area contributed by atoms with Gasteiger partial charge in [-0.3, -0.25) is 14.6 Å². The van der Waals surface area contributed by atoms with Gasteiger partial charge in [-0.15, -0.1) is 0 Å². The second kappa shape index (κ2) is 5.41. The van der Waals surface area contributed by atoms with E-state index in [1.165, 1.54) is 12.8 Å². The number of Topliss-reactive ketones (excluding diaryl/α,β-unsaturated/α-hetero) is 1. The molecule has 6 heteroatoms. The molecule has 2 aromatic rings. The van der Waals surface area contributed by atoms with Crippen molar-refractivity contribution in [2.75, 3.05) is 18.0 Å².